The van der Waals surface area contributed by atoms with Gasteiger partial charge in [-0.2, -0.15) is 0 Å². The minimum atomic E-state index is -0.464. The summed E-state index contributed by atoms with van der Waals surface area (Å²) in [6.07, 6.45) is 2.00. The average Bonchev–Trinajstić information content (AvgIpc) is 2.48. The molecule has 0 unspecified atom stereocenters. The highest BCUT2D eigenvalue weighted by Gasteiger charge is 2.09. The predicted octanol–water partition coefficient (Wildman–Crippen LogP) is 2.08. The second kappa shape index (κ2) is 6.55. The van der Waals surface area contributed by atoms with E-state index in [0.717, 1.165) is 19.2 Å². The summed E-state index contributed by atoms with van der Waals surface area (Å²) in [5.74, 6) is -0.0394. The Labute approximate surface area is 115 Å². The molecule has 0 radical (unpaired) electrons. The van der Waals surface area contributed by atoms with Crippen LogP contribution in [0.5, 0.6) is 0 Å². The van der Waals surface area contributed by atoms with Gasteiger partial charge >= 0.3 is 0 Å². The maximum Gasteiger partial charge on any atom is 0.277 e. The fourth-order valence-corrected chi connectivity index (χ4v) is 1.43. The molecule has 0 aliphatic rings. The van der Waals surface area contributed by atoms with Crippen molar-refractivity contribution in [3.63, 3.8) is 0 Å². The smallest absolute Gasteiger partial charge is 0.277 e. The number of carbonyl (C=O) groups excluding carboxylic acids is 1. The molecular formula is C13H14FN5O. The molecule has 0 saturated carbocycles. The lowest BCUT2D eigenvalue weighted by Gasteiger charge is -2.05. The topological polar surface area (TPSA) is 79.8 Å². The molecule has 104 valence electrons. The molecule has 2 aromatic heterocycles. The van der Waals surface area contributed by atoms with Crippen LogP contribution in [-0.4, -0.2) is 27.6 Å². The van der Waals surface area contributed by atoms with E-state index in [2.05, 4.69) is 25.8 Å². The number of nitrogens with zero attached hydrogens (tertiary/aromatic N) is 3. The molecule has 6 nitrogen and oxygen atoms in total. The van der Waals surface area contributed by atoms with E-state index < -0.39 is 11.7 Å². The summed E-state index contributed by atoms with van der Waals surface area (Å²) in [7, 11) is 0. The van der Waals surface area contributed by atoms with Crippen LogP contribution >= 0.6 is 0 Å². The zero-order chi connectivity index (χ0) is 14.4. The SMILES string of the molecule is CCCNc1ccc(C(=O)Nc2ccc(F)cn2)nn1. The van der Waals surface area contributed by atoms with Crippen LogP contribution in [-0.2, 0) is 0 Å². The summed E-state index contributed by atoms with van der Waals surface area (Å²) in [4.78, 5) is 15.6. The van der Waals surface area contributed by atoms with Gasteiger partial charge in [-0.1, -0.05) is 6.92 Å². The van der Waals surface area contributed by atoms with E-state index in [-0.39, 0.29) is 11.5 Å². The molecule has 7 heteroatoms. The molecule has 2 aromatic rings. The fraction of sp³-hybridized carbons (Fsp3) is 0.231. The lowest BCUT2D eigenvalue weighted by atomic mass is 10.3. The van der Waals surface area contributed by atoms with E-state index in [0.29, 0.717) is 5.82 Å². The van der Waals surface area contributed by atoms with Crippen LogP contribution in [0.25, 0.3) is 0 Å². The van der Waals surface area contributed by atoms with Crippen LogP contribution in [0.4, 0.5) is 16.0 Å². The number of pyridine rings is 1. The number of aromatic nitrogens is 3. The molecule has 0 bridgehead atoms. The summed E-state index contributed by atoms with van der Waals surface area (Å²) in [5, 5.41) is 13.3. The van der Waals surface area contributed by atoms with Crippen LogP contribution in [0, 0.1) is 5.82 Å². The maximum absolute atomic E-state index is 12.7. The number of halogens is 1. The molecule has 20 heavy (non-hydrogen) atoms. The van der Waals surface area contributed by atoms with Crippen molar-refractivity contribution in [2.24, 2.45) is 0 Å². The molecule has 0 spiro atoms. The Hall–Kier alpha value is -2.57. The summed E-state index contributed by atoms with van der Waals surface area (Å²) < 4.78 is 12.7. The highest BCUT2D eigenvalue weighted by molar-refractivity contribution is 6.02. The molecule has 0 fully saturated rings. The minimum Gasteiger partial charge on any atom is -0.369 e. The zero-order valence-corrected chi connectivity index (χ0v) is 10.9. The van der Waals surface area contributed by atoms with Gasteiger partial charge in [0.05, 0.1) is 6.20 Å². The van der Waals surface area contributed by atoms with E-state index in [9.17, 15) is 9.18 Å². The van der Waals surface area contributed by atoms with Crippen molar-refractivity contribution in [3.05, 3.63) is 42.0 Å². The Bertz CT molecular complexity index is 570. The second-order valence-electron chi connectivity index (χ2n) is 4.05. The first kappa shape index (κ1) is 13.9. The highest BCUT2D eigenvalue weighted by Crippen LogP contribution is 2.07. The van der Waals surface area contributed by atoms with E-state index >= 15 is 0 Å². The number of nitrogens with one attached hydrogen (secondary N) is 2. The van der Waals surface area contributed by atoms with Gasteiger partial charge in [0.25, 0.3) is 5.91 Å². The van der Waals surface area contributed by atoms with Gasteiger partial charge < -0.3 is 10.6 Å². The molecule has 1 amide bonds. The molecular weight excluding hydrogens is 261 g/mol. The number of hydrogen-bond acceptors (Lipinski definition) is 5. The van der Waals surface area contributed by atoms with Crippen LogP contribution in [0.3, 0.4) is 0 Å². The lowest BCUT2D eigenvalue weighted by Crippen LogP contribution is -2.15. The third kappa shape index (κ3) is 3.71. The van der Waals surface area contributed by atoms with Gasteiger partial charge in [0.1, 0.15) is 17.5 Å². The first-order chi connectivity index (χ1) is 9.69. The molecule has 0 aliphatic heterocycles. The van der Waals surface area contributed by atoms with E-state index in [1.54, 1.807) is 12.1 Å². The Morgan fingerprint density at radius 2 is 2.00 bits per heavy atom. The Morgan fingerprint density at radius 3 is 2.60 bits per heavy atom. The van der Waals surface area contributed by atoms with Crippen LogP contribution < -0.4 is 10.6 Å². The van der Waals surface area contributed by atoms with E-state index in [4.69, 9.17) is 0 Å². The van der Waals surface area contributed by atoms with Gasteiger partial charge in [0.2, 0.25) is 0 Å². The second-order valence-corrected chi connectivity index (χ2v) is 4.05. The predicted molar refractivity (Wildman–Crippen MR) is 73.0 cm³/mol. The number of carbonyl (C=O) groups is 1. The molecule has 0 aromatic carbocycles. The van der Waals surface area contributed by atoms with Crippen LogP contribution in [0.2, 0.25) is 0 Å². The number of anilines is 2. The largest absolute Gasteiger partial charge is 0.369 e. The van der Waals surface area contributed by atoms with E-state index in [1.807, 2.05) is 6.92 Å². The minimum absolute atomic E-state index is 0.165. The number of hydrogen-bond donors (Lipinski definition) is 2. The third-order valence-electron chi connectivity index (χ3n) is 2.42. The quantitative estimate of drug-likeness (QED) is 0.873. The van der Waals surface area contributed by atoms with Crippen LogP contribution in [0.15, 0.2) is 30.5 Å². The first-order valence-electron chi connectivity index (χ1n) is 6.19. The molecule has 2 N–H and O–H groups in total. The zero-order valence-electron chi connectivity index (χ0n) is 10.9. The fourth-order valence-electron chi connectivity index (χ4n) is 1.43. The molecule has 0 aliphatic carbocycles. The monoisotopic (exact) mass is 275 g/mol. The molecule has 2 heterocycles. The average molecular weight is 275 g/mol. The molecule has 0 saturated heterocycles. The Balaban J connectivity index is 2.00. The van der Waals surface area contributed by atoms with Crippen LogP contribution in [0.1, 0.15) is 23.8 Å². The summed E-state index contributed by atoms with van der Waals surface area (Å²) in [6, 6.07) is 5.82. The van der Waals surface area contributed by atoms with Gasteiger partial charge in [-0.25, -0.2) is 9.37 Å². The molecule has 2 rings (SSSR count). The maximum atomic E-state index is 12.7. The normalized spacial score (nSPS) is 10.1. The number of rotatable bonds is 5. The van der Waals surface area contributed by atoms with Crippen molar-refractivity contribution in [2.75, 3.05) is 17.2 Å². The summed E-state index contributed by atoms with van der Waals surface area (Å²) in [5.41, 5.74) is 0.165. The lowest BCUT2D eigenvalue weighted by molar-refractivity contribution is 0.102. The van der Waals surface area contributed by atoms with Gasteiger partial charge in [-0.05, 0) is 30.7 Å². The summed E-state index contributed by atoms with van der Waals surface area (Å²) in [6.45, 7) is 2.83. The Morgan fingerprint density at radius 1 is 1.20 bits per heavy atom. The van der Waals surface area contributed by atoms with Gasteiger partial charge in [0, 0.05) is 6.54 Å². The van der Waals surface area contributed by atoms with Gasteiger partial charge in [-0.15, -0.1) is 10.2 Å². The molecule has 0 atom stereocenters. The van der Waals surface area contributed by atoms with Crippen molar-refractivity contribution in [3.8, 4) is 0 Å². The standard InChI is InChI=1S/C13H14FN5O/c1-2-7-15-12-6-4-10(18-19-12)13(20)17-11-5-3-9(14)8-16-11/h3-6,8H,2,7H2,1H3,(H,15,19)(H,16,17,20). The van der Waals surface area contributed by atoms with Gasteiger partial charge in [-0.3, -0.25) is 4.79 Å². The van der Waals surface area contributed by atoms with Crippen molar-refractivity contribution in [2.45, 2.75) is 13.3 Å². The first-order valence-corrected chi connectivity index (χ1v) is 6.19. The number of amides is 1. The highest BCUT2D eigenvalue weighted by atomic mass is 19.1. The van der Waals surface area contributed by atoms with E-state index in [1.165, 1.54) is 12.1 Å². The third-order valence-corrected chi connectivity index (χ3v) is 2.42. The summed E-state index contributed by atoms with van der Waals surface area (Å²) >= 11 is 0. The van der Waals surface area contributed by atoms with Crippen molar-refractivity contribution in [1.82, 2.24) is 15.2 Å². The van der Waals surface area contributed by atoms with Crippen molar-refractivity contribution >= 4 is 17.5 Å². The van der Waals surface area contributed by atoms with Crippen molar-refractivity contribution in [1.29, 1.82) is 0 Å². The van der Waals surface area contributed by atoms with Crippen molar-refractivity contribution < 1.29 is 9.18 Å². The Kier molecular flexibility index (Phi) is 4.54. The van der Waals surface area contributed by atoms with Gasteiger partial charge in [0.15, 0.2) is 5.69 Å².